The molecule has 2 heterocycles. The number of pyridine rings is 1. The summed E-state index contributed by atoms with van der Waals surface area (Å²) in [5.74, 6) is -0.319. The van der Waals surface area contributed by atoms with Crippen LogP contribution in [0.15, 0.2) is 52.8 Å². The molecule has 3 rings (SSSR count). The molecule has 3 aromatic rings. The number of hydrogen-bond donors (Lipinski definition) is 1. The zero-order valence-electron chi connectivity index (χ0n) is 12.8. The Morgan fingerprint density at radius 1 is 1.33 bits per heavy atom. The van der Waals surface area contributed by atoms with E-state index < -0.39 is 0 Å². The molecule has 24 heavy (non-hydrogen) atoms. The summed E-state index contributed by atoms with van der Waals surface area (Å²) in [6.45, 7) is 2.41. The van der Waals surface area contributed by atoms with Gasteiger partial charge in [-0.1, -0.05) is 23.7 Å². The number of carbonyl (C=O) groups is 1. The van der Waals surface area contributed by atoms with Crippen molar-refractivity contribution in [2.45, 2.75) is 13.5 Å². The van der Waals surface area contributed by atoms with Gasteiger partial charge in [-0.25, -0.2) is 4.98 Å². The number of carbonyl (C=O) groups excluding carboxylic acids is 1. The molecule has 0 bridgehead atoms. The molecule has 7 heteroatoms. The topological polar surface area (TPSA) is 64.0 Å². The smallest absolute Gasteiger partial charge is 0.275 e. The highest BCUT2D eigenvalue weighted by Gasteiger charge is 2.13. The minimum Gasteiger partial charge on any atom is -0.319 e. The van der Waals surface area contributed by atoms with Crippen LogP contribution in [0.3, 0.4) is 0 Å². The Hall–Kier alpha value is -2.44. The van der Waals surface area contributed by atoms with E-state index in [1.807, 2.05) is 19.1 Å². The Balaban J connectivity index is 1.80. The second-order valence-corrected chi connectivity index (χ2v) is 6.34. The summed E-state index contributed by atoms with van der Waals surface area (Å²) in [6, 6.07) is 10.3. The standard InChI is InChI=1S/C17H14ClN3O2S/c1-2-21-9-13(6-7-15(21)22)19-16(23)14-10-24-17(20-14)11-4-3-5-12(18)8-11/h3-10H,2H2,1H3,(H,19,23). The van der Waals surface area contributed by atoms with E-state index in [9.17, 15) is 9.59 Å². The lowest BCUT2D eigenvalue weighted by atomic mass is 10.2. The monoisotopic (exact) mass is 359 g/mol. The zero-order chi connectivity index (χ0) is 17.1. The van der Waals surface area contributed by atoms with Crippen LogP contribution in [0.1, 0.15) is 17.4 Å². The first-order chi connectivity index (χ1) is 11.6. The van der Waals surface area contributed by atoms with Gasteiger partial charge in [-0.2, -0.15) is 0 Å². The van der Waals surface area contributed by atoms with Crippen LogP contribution in [-0.2, 0) is 6.54 Å². The van der Waals surface area contributed by atoms with Crippen molar-refractivity contribution >= 4 is 34.5 Å². The number of amides is 1. The molecule has 0 unspecified atom stereocenters. The number of nitrogens with one attached hydrogen (secondary N) is 1. The number of aryl methyl sites for hydroxylation is 1. The van der Waals surface area contributed by atoms with E-state index in [1.165, 1.54) is 22.0 Å². The highest BCUT2D eigenvalue weighted by molar-refractivity contribution is 7.13. The lowest BCUT2D eigenvalue weighted by Gasteiger charge is -2.06. The number of halogens is 1. The Bertz CT molecular complexity index is 949. The predicted octanol–water partition coefficient (Wildman–Crippen LogP) is 3.90. The quantitative estimate of drug-likeness (QED) is 0.768. The molecular weight excluding hydrogens is 346 g/mol. The van der Waals surface area contributed by atoms with E-state index in [4.69, 9.17) is 11.6 Å². The lowest BCUT2D eigenvalue weighted by molar-refractivity contribution is 0.102. The summed E-state index contributed by atoms with van der Waals surface area (Å²) in [4.78, 5) is 28.3. The van der Waals surface area contributed by atoms with Gasteiger partial charge in [0, 0.05) is 34.8 Å². The van der Waals surface area contributed by atoms with Gasteiger partial charge in [0.2, 0.25) is 0 Å². The molecule has 0 saturated heterocycles. The van der Waals surface area contributed by atoms with Gasteiger partial charge < -0.3 is 9.88 Å². The van der Waals surface area contributed by atoms with Gasteiger partial charge in [-0.05, 0) is 25.1 Å². The maximum absolute atomic E-state index is 12.3. The molecule has 1 aromatic carbocycles. The molecule has 5 nitrogen and oxygen atoms in total. The zero-order valence-corrected chi connectivity index (χ0v) is 14.4. The van der Waals surface area contributed by atoms with Gasteiger partial charge in [0.25, 0.3) is 11.5 Å². The van der Waals surface area contributed by atoms with Crippen molar-refractivity contribution < 1.29 is 4.79 Å². The highest BCUT2D eigenvalue weighted by atomic mass is 35.5. The summed E-state index contributed by atoms with van der Waals surface area (Å²) in [7, 11) is 0. The van der Waals surface area contributed by atoms with Gasteiger partial charge in [-0.3, -0.25) is 9.59 Å². The van der Waals surface area contributed by atoms with Crippen LogP contribution < -0.4 is 10.9 Å². The van der Waals surface area contributed by atoms with Crippen LogP contribution in [0.2, 0.25) is 5.02 Å². The first-order valence-electron chi connectivity index (χ1n) is 7.30. The number of thiazole rings is 1. The molecule has 0 aliphatic carbocycles. The average molecular weight is 360 g/mol. The van der Waals surface area contributed by atoms with E-state index in [1.54, 1.807) is 29.8 Å². The molecule has 0 radical (unpaired) electrons. The van der Waals surface area contributed by atoms with Crippen molar-refractivity contribution in [1.29, 1.82) is 0 Å². The summed E-state index contributed by atoms with van der Waals surface area (Å²) < 4.78 is 1.52. The Morgan fingerprint density at radius 2 is 2.17 bits per heavy atom. The molecule has 0 atom stereocenters. The van der Waals surface area contributed by atoms with Crippen molar-refractivity contribution in [1.82, 2.24) is 9.55 Å². The molecular formula is C17H14ClN3O2S. The van der Waals surface area contributed by atoms with Crippen molar-refractivity contribution in [2.24, 2.45) is 0 Å². The minimum atomic E-state index is -0.319. The van der Waals surface area contributed by atoms with Crippen LogP contribution in [-0.4, -0.2) is 15.5 Å². The SMILES string of the molecule is CCn1cc(NC(=O)c2csc(-c3cccc(Cl)c3)n2)ccc1=O. The predicted molar refractivity (Wildman–Crippen MR) is 96.9 cm³/mol. The number of nitrogens with zero attached hydrogens (tertiary/aromatic N) is 2. The third-order valence-electron chi connectivity index (χ3n) is 3.39. The average Bonchev–Trinajstić information content (AvgIpc) is 3.07. The summed E-state index contributed by atoms with van der Waals surface area (Å²) in [5.41, 5.74) is 1.64. The normalized spacial score (nSPS) is 10.6. The van der Waals surface area contributed by atoms with E-state index >= 15 is 0 Å². The number of benzene rings is 1. The van der Waals surface area contributed by atoms with E-state index in [0.29, 0.717) is 22.9 Å². The van der Waals surface area contributed by atoms with Gasteiger partial charge in [-0.15, -0.1) is 11.3 Å². The lowest BCUT2D eigenvalue weighted by Crippen LogP contribution is -2.19. The highest BCUT2D eigenvalue weighted by Crippen LogP contribution is 2.26. The Labute approximate surface area is 147 Å². The third kappa shape index (κ3) is 3.55. The summed E-state index contributed by atoms with van der Waals surface area (Å²) >= 11 is 7.36. The van der Waals surface area contributed by atoms with Gasteiger partial charge in [0.05, 0.1) is 5.69 Å². The fourth-order valence-corrected chi connectivity index (χ4v) is 3.17. The first kappa shape index (κ1) is 16.4. The number of hydrogen-bond acceptors (Lipinski definition) is 4. The number of anilines is 1. The van der Waals surface area contributed by atoms with Crippen molar-refractivity contribution in [3.05, 3.63) is 69.0 Å². The van der Waals surface area contributed by atoms with Crippen LogP contribution in [0, 0.1) is 0 Å². The second kappa shape index (κ2) is 6.98. The third-order valence-corrected chi connectivity index (χ3v) is 4.52. The molecule has 0 aliphatic heterocycles. The molecule has 0 saturated carbocycles. The number of rotatable bonds is 4. The molecule has 0 fully saturated rings. The summed E-state index contributed by atoms with van der Waals surface area (Å²) in [6.07, 6.45) is 1.62. The van der Waals surface area contributed by atoms with Gasteiger partial charge in [0.1, 0.15) is 10.7 Å². The van der Waals surface area contributed by atoms with E-state index in [2.05, 4.69) is 10.3 Å². The number of aromatic nitrogens is 2. The van der Waals surface area contributed by atoms with E-state index in [-0.39, 0.29) is 11.5 Å². The fourth-order valence-electron chi connectivity index (χ4n) is 2.18. The molecule has 0 aliphatic rings. The van der Waals surface area contributed by atoms with Crippen LogP contribution in [0.5, 0.6) is 0 Å². The molecule has 122 valence electrons. The van der Waals surface area contributed by atoms with Gasteiger partial charge >= 0.3 is 0 Å². The largest absolute Gasteiger partial charge is 0.319 e. The van der Waals surface area contributed by atoms with Crippen LogP contribution in [0.4, 0.5) is 5.69 Å². The fraction of sp³-hybridized carbons (Fsp3) is 0.118. The molecule has 1 amide bonds. The Morgan fingerprint density at radius 3 is 2.92 bits per heavy atom. The second-order valence-electron chi connectivity index (χ2n) is 5.04. The maximum Gasteiger partial charge on any atom is 0.275 e. The van der Waals surface area contributed by atoms with Crippen molar-refractivity contribution in [3.63, 3.8) is 0 Å². The summed E-state index contributed by atoms with van der Waals surface area (Å²) in [5, 5.41) is 5.80. The first-order valence-corrected chi connectivity index (χ1v) is 8.56. The van der Waals surface area contributed by atoms with Crippen molar-refractivity contribution in [2.75, 3.05) is 5.32 Å². The molecule has 2 aromatic heterocycles. The van der Waals surface area contributed by atoms with Gasteiger partial charge in [0.15, 0.2) is 0 Å². The Kier molecular flexibility index (Phi) is 4.78. The molecule has 0 spiro atoms. The van der Waals surface area contributed by atoms with Crippen LogP contribution >= 0.6 is 22.9 Å². The minimum absolute atomic E-state index is 0.104. The maximum atomic E-state index is 12.3. The molecule has 1 N–H and O–H groups in total. The van der Waals surface area contributed by atoms with Crippen LogP contribution in [0.25, 0.3) is 10.6 Å². The van der Waals surface area contributed by atoms with Crippen molar-refractivity contribution in [3.8, 4) is 10.6 Å². The van der Waals surface area contributed by atoms with E-state index in [0.717, 1.165) is 10.6 Å².